The summed E-state index contributed by atoms with van der Waals surface area (Å²) in [6.07, 6.45) is 1.09. The van der Waals surface area contributed by atoms with Crippen molar-refractivity contribution >= 4 is 35.3 Å². The SMILES string of the molecule is CCOc1ccc(C=NNC(=O)CC(=O)Nc2ccc(C)c(Cl)c2)cc1OC. The van der Waals surface area contributed by atoms with Gasteiger partial charge in [0.25, 0.3) is 0 Å². The summed E-state index contributed by atoms with van der Waals surface area (Å²) in [6, 6.07) is 10.4. The predicted octanol–water partition coefficient (Wildman–Crippen LogP) is 3.53. The van der Waals surface area contributed by atoms with E-state index in [0.29, 0.717) is 34.4 Å². The number of carbonyl (C=O) groups is 2. The molecule has 2 amide bonds. The molecule has 0 saturated carbocycles. The van der Waals surface area contributed by atoms with E-state index in [-0.39, 0.29) is 6.42 Å². The number of halogens is 1. The fourth-order valence-corrected chi connectivity index (χ4v) is 2.46. The van der Waals surface area contributed by atoms with Gasteiger partial charge in [-0.2, -0.15) is 5.10 Å². The monoisotopic (exact) mass is 403 g/mol. The first-order valence-electron chi connectivity index (χ1n) is 8.61. The molecule has 7 nitrogen and oxygen atoms in total. The molecule has 0 aliphatic carbocycles. The molecule has 0 aliphatic rings. The minimum atomic E-state index is -0.537. The lowest BCUT2D eigenvalue weighted by atomic mass is 10.2. The molecule has 0 aromatic heterocycles. The van der Waals surface area contributed by atoms with Crippen LogP contribution in [0.3, 0.4) is 0 Å². The zero-order valence-corrected chi connectivity index (χ0v) is 16.7. The first-order chi connectivity index (χ1) is 13.4. The number of amides is 2. The van der Waals surface area contributed by atoms with E-state index in [1.165, 1.54) is 6.21 Å². The zero-order chi connectivity index (χ0) is 20.5. The van der Waals surface area contributed by atoms with Gasteiger partial charge in [0.15, 0.2) is 11.5 Å². The average molecular weight is 404 g/mol. The Bertz CT molecular complexity index is 884. The number of ether oxygens (including phenoxy) is 2. The summed E-state index contributed by atoms with van der Waals surface area (Å²) >= 11 is 6.01. The Kier molecular flexibility index (Phi) is 7.83. The summed E-state index contributed by atoms with van der Waals surface area (Å²) in [5.74, 6) is 0.188. The van der Waals surface area contributed by atoms with Crippen molar-refractivity contribution in [1.82, 2.24) is 5.43 Å². The molecule has 2 rings (SSSR count). The molecule has 28 heavy (non-hydrogen) atoms. The Morgan fingerprint density at radius 2 is 1.93 bits per heavy atom. The summed E-state index contributed by atoms with van der Waals surface area (Å²) in [6.45, 7) is 4.27. The number of methoxy groups -OCH3 is 1. The summed E-state index contributed by atoms with van der Waals surface area (Å²) in [5.41, 5.74) is 4.45. The van der Waals surface area contributed by atoms with E-state index in [9.17, 15) is 9.59 Å². The maximum atomic E-state index is 11.9. The molecule has 0 bridgehead atoms. The number of hydrogen-bond acceptors (Lipinski definition) is 5. The van der Waals surface area contributed by atoms with Gasteiger partial charge in [-0.1, -0.05) is 17.7 Å². The molecule has 0 radical (unpaired) electrons. The Balaban J connectivity index is 1.87. The van der Waals surface area contributed by atoms with Crippen LogP contribution in [0.25, 0.3) is 0 Å². The lowest BCUT2D eigenvalue weighted by molar-refractivity contribution is -0.126. The quantitative estimate of drug-likeness (QED) is 0.401. The number of aryl methyl sites for hydroxylation is 1. The van der Waals surface area contributed by atoms with Crippen molar-refractivity contribution in [1.29, 1.82) is 0 Å². The average Bonchev–Trinajstić information content (AvgIpc) is 2.66. The van der Waals surface area contributed by atoms with Crippen LogP contribution in [0.1, 0.15) is 24.5 Å². The number of nitrogens with zero attached hydrogens (tertiary/aromatic N) is 1. The number of anilines is 1. The highest BCUT2D eigenvalue weighted by Gasteiger charge is 2.10. The highest BCUT2D eigenvalue weighted by molar-refractivity contribution is 6.31. The number of rotatable bonds is 8. The van der Waals surface area contributed by atoms with E-state index in [1.54, 1.807) is 43.5 Å². The Morgan fingerprint density at radius 3 is 2.61 bits per heavy atom. The fourth-order valence-electron chi connectivity index (χ4n) is 2.28. The standard InChI is InChI=1S/C20H22ClN3O4/c1-4-28-17-8-6-14(9-18(17)27-3)12-22-24-20(26)11-19(25)23-15-7-5-13(2)16(21)10-15/h5-10,12H,4,11H2,1-3H3,(H,23,25)(H,24,26). The van der Waals surface area contributed by atoms with Crippen LogP contribution >= 0.6 is 11.6 Å². The second-order valence-corrected chi connectivity index (χ2v) is 6.23. The van der Waals surface area contributed by atoms with Gasteiger partial charge in [-0.25, -0.2) is 5.43 Å². The van der Waals surface area contributed by atoms with Gasteiger partial charge in [0, 0.05) is 10.7 Å². The normalized spacial score (nSPS) is 10.6. The van der Waals surface area contributed by atoms with Crippen LogP contribution in [0, 0.1) is 6.92 Å². The van der Waals surface area contributed by atoms with Crippen LogP contribution in [0.5, 0.6) is 11.5 Å². The molecule has 0 heterocycles. The smallest absolute Gasteiger partial charge is 0.249 e. The van der Waals surface area contributed by atoms with Gasteiger partial charge in [-0.3, -0.25) is 9.59 Å². The molecule has 8 heteroatoms. The van der Waals surface area contributed by atoms with Gasteiger partial charge in [0.05, 0.1) is 19.9 Å². The first-order valence-corrected chi connectivity index (χ1v) is 8.99. The van der Waals surface area contributed by atoms with Crippen molar-refractivity contribution in [2.45, 2.75) is 20.3 Å². The third-order valence-electron chi connectivity index (χ3n) is 3.67. The summed E-state index contributed by atoms with van der Waals surface area (Å²) in [5, 5.41) is 7.01. The van der Waals surface area contributed by atoms with E-state index in [0.717, 1.165) is 5.56 Å². The molecule has 0 unspecified atom stereocenters. The van der Waals surface area contributed by atoms with Gasteiger partial charge < -0.3 is 14.8 Å². The third-order valence-corrected chi connectivity index (χ3v) is 4.07. The number of nitrogens with one attached hydrogen (secondary N) is 2. The number of hydrazone groups is 1. The highest BCUT2D eigenvalue weighted by atomic mass is 35.5. The Morgan fingerprint density at radius 1 is 1.14 bits per heavy atom. The van der Waals surface area contributed by atoms with E-state index in [4.69, 9.17) is 21.1 Å². The van der Waals surface area contributed by atoms with Crippen LogP contribution in [0.4, 0.5) is 5.69 Å². The van der Waals surface area contributed by atoms with Gasteiger partial charge in [0.1, 0.15) is 6.42 Å². The molecule has 0 fully saturated rings. The van der Waals surface area contributed by atoms with Crippen LogP contribution in [-0.2, 0) is 9.59 Å². The molecule has 2 N–H and O–H groups in total. The fraction of sp³-hybridized carbons (Fsp3) is 0.250. The van der Waals surface area contributed by atoms with Gasteiger partial charge in [-0.15, -0.1) is 0 Å². The highest BCUT2D eigenvalue weighted by Crippen LogP contribution is 2.27. The lowest BCUT2D eigenvalue weighted by Gasteiger charge is -2.09. The van der Waals surface area contributed by atoms with E-state index < -0.39 is 11.8 Å². The topological polar surface area (TPSA) is 89.0 Å². The van der Waals surface area contributed by atoms with Crippen LogP contribution in [-0.4, -0.2) is 31.7 Å². The lowest BCUT2D eigenvalue weighted by Crippen LogP contribution is -2.24. The largest absolute Gasteiger partial charge is 0.493 e. The molecule has 0 aliphatic heterocycles. The Labute approximate surface area is 168 Å². The predicted molar refractivity (Wildman–Crippen MR) is 109 cm³/mol. The number of benzene rings is 2. The minimum Gasteiger partial charge on any atom is -0.493 e. The van der Waals surface area contributed by atoms with Crippen LogP contribution in [0.2, 0.25) is 5.02 Å². The van der Waals surface area contributed by atoms with Crippen molar-refractivity contribution in [2.75, 3.05) is 19.0 Å². The Hall–Kier alpha value is -3.06. The molecule has 0 saturated heterocycles. The zero-order valence-electron chi connectivity index (χ0n) is 15.9. The van der Waals surface area contributed by atoms with Crippen molar-refractivity contribution in [2.24, 2.45) is 5.10 Å². The molecule has 0 atom stereocenters. The first kappa shape index (κ1) is 21.2. The van der Waals surface area contributed by atoms with Gasteiger partial charge in [-0.05, 0) is 55.3 Å². The van der Waals surface area contributed by atoms with Gasteiger partial charge >= 0.3 is 0 Å². The molecular weight excluding hydrogens is 382 g/mol. The van der Waals surface area contributed by atoms with Gasteiger partial charge in [0.2, 0.25) is 11.8 Å². The summed E-state index contributed by atoms with van der Waals surface area (Å²) in [4.78, 5) is 23.8. The van der Waals surface area contributed by atoms with Crippen molar-refractivity contribution in [3.05, 3.63) is 52.5 Å². The minimum absolute atomic E-state index is 0.366. The summed E-state index contributed by atoms with van der Waals surface area (Å²) in [7, 11) is 1.54. The molecule has 148 valence electrons. The molecular formula is C20H22ClN3O4. The van der Waals surface area contributed by atoms with E-state index in [2.05, 4.69) is 15.8 Å². The number of hydrogen-bond donors (Lipinski definition) is 2. The van der Waals surface area contributed by atoms with E-state index >= 15 is 0 Å². The second-order valence-electron chi connectivity index (χ2n) is 5.83. The van der Waals surface area contributed by atoms with Crippen molar-refractivity contribution in [3.8, 4) is 11.5 Å². The van der Waals surface area contributed by atoms with Crippen LogP contribution < -0.4 is 20.2 Å². The maximum absolute atomic E-state index is 11.9. The third kappa shape index (κ3) is 6.28. The number of carbonyl (C=O) groups excluding carboxylic acids is 2. The molecule has 2 aromatic carbocycles. The van der Waals surface area contributed by atoms with Crippen molar-refractivity contribution in [3.63, 3.8) is 0 Å². The summed E-state index contributed by atoms with van der Waals surface area (Å²) < 4.78 is 10.7. The van der Waals surface area contributed by atoms with Crippen LogP contribution in [0.15, 0.2) is 41.5 Å². The van der Waals surface area contributed by atoms with Crippen molar-refractivity contribution < 1.29 is 19.1 Å². The maximum Gasteiger partial charge on any atom is 0.249 e. The van der Waals surface area contributed by atoms with E-state index in [1.807, 2.05) is 13.8 Å². The second kappa shape index (κ2) is 10.3. The molecule has 2 aromatic rings. The molecule has 0 spiro atoms.